The molecule has 0 fully saturated rings. The van der Waals surface area contributed by atoms with E-state index in [1.54, 1.807) is 5.38 Å². The average Bonchev–Trinajstić information content (AvgIpc) is 2.85. The molecule has 2 rings (SSSR count). The van der Waals surface area contributed by atoms with E-state index in [2.05, 4.69) is 29.4 Å². The summed E-state index contributed by atoms with van der Waals surface area (Å²) in [6.07, 6.45) is 1.01. The molecule has 1 aromatic carbocycles. The summed E-state index contributed by atoms with van der Waals surface area (Å²) in [5.74, 6) is -0.194. The van der Waals surface area contributed by atoms with Crippen molar-refractivity contribution in [3.05, 3.63) is 46.5 Å². The molecule has 4 nitrogen and oxygen atoms in total. The number of hydrogen-bond donors (Lipinski definition) is 2. The van der Waals surface area contributed by atoms with E-state index in [0.29, 0.717) is 10.8 Å². The van der Waals surface area contributed by atoms with Crippen LogP contribution in [-0.2, 0) is 6.42 Å². The maximum absolute atomic E-state index is 11.9. The molecule has 0 bridgehead atoms. The second-order valence-electron chi connectivity index (χ2n) is 4.36. The quantitative estimate of drug-likeness (QED) is 0.901. The van der Waals surface area contributed by atoms with Crippen LogP contribution in [0.4, 0.5) is 5.13 Å². The average molecular weight is 275 g/mol. The number of nitrogen functional groups attached to an aromatic ring is 1. The maximum Gasteiger partial charge on any atom is 0.271 e. The molecule has 100 valence electrons. The number of benzene rings is 1. The maximum atomic E-state index is 11.9. The van der Waals surface area contributed by atoms with Gasteiger partial charge in [-0.1, -0.05) is 31.2 Å². The highest BCUT2D eigenvalue weighted by atomic mass is 32.1. The topological polar surface area (TPSA) is 68.0 Å². The fourth-order valence-electron chi connectivity index (χ4n) is 1.79. The second-order valence-corrected chi connectivity index (χ2v) is 5.25. The van der Waals surface area contributed by atoms with Crippen LogP contribution in [0.2, 0.25) is 0 Å². The summed E-state index contributed by atoms with van der Waals surface area (Å²) in [5.41, 5.74) is 8.26. The van der Waals surface area contributed by atoms with Gasteiger partial charge in [0, 0.05) is 5.38 Å². The number of carbonyl (C=O) groups excluding carboxylic acids is 1. The van der Waals surface area contributed by atoms with Gasteiger partial charge in [0.25, 0.3) is 5.91 Å². The van der Waals surface area contributed by atoms with E-state index >= 15 is 0 Å². The predicted molar refractivity (Wildman–Crippen MR) is 78.2 cm³/mol. The molecular weight excluding hydrogens is 258 g/mol. The van der Waals surface area contributed by atoms with Gasteiger partial charge in [-0.3, -0.25) is 4.79 Å². The number of nitrogens with two attached hydrogens (primary N) is 1. The number of hydrogen-bond acceptors (Lipinski definition) is 4. The van der Waals surface area contributed by atoms with E-state index in [4.69, 9.17) is 5.73 Å². The Morgan fingerprint density at radius 2 is 2.11 bits per heavy atom. The molecule has 0 aliphatic heterocycles. The van der Waals surface area contributed by atoms with Crippen molar-refractivity contribution in [1.29, 1.82) is 0 Å². The summed E-state index contributed by atoms with van der Waals surface area (Å²) in [6, 6.07) is 8.19. The van der Waals surface area contributed by atoms with Crippen molar-refractivity contribution in [3.63, 3.8) is 0 Å². The Morgan fingerprint density at radius 1 is 1.42 bits per heavy atom. The van der Waals surface area contributed by atoms with Crippen LogP contribution in [0.25, 0.3) is 0 Å². The molecule has 0 saturated heterocycles. The van der Waals surface area contributed by atoms with Crippen molar-refractivity contribution in [3.8, 4) is 0 Å². The van der Waals surface area contributed by atoms with Crippen molar-refractivity contribution in [2.45, 2.75) is 26.3 Å². The number of amides is 1. The van der Waals surface area contributed by atoms with Gasteiger partial charge in [0.05, 0.1) is 6.04 Å². The number of nitrogens with one attached hydrogen (secondary N) is 1. The third-order valence-electron chi connectivity index (χ3n) is 2.99. The Labute approximate surface area is 116 Å². The van der Waals surface area contributed by atoms with Crippen LogP contribution in [0.5, 0.6) is 0 Å². The van der Waals surface area contributed by atoms with Crippen molar-refractivity contribution in [2.24, 2.45) is 0 Å². The van der Waals surface area contributed by atoms with Gasteiger partial charge in [-0.05, 0) is 24.5 Å². The molecule has 1 amide bonds. The molecule has 1 atom stereocenters. The number of rotatable bonds is 4. The van der Waals surface area contributed by atoms with Gasteiger partial charge in [-0.25, -0.2) is 4.98 Å². The van der Waals surface area contributed by atoms with Gasteiger partial charge in [0.1, 0.15) is 5.69 Å². The minimum absolute atomic E-state index is 0.0543. The lowest BCUT2D eigenvalue weighted by molar-refractivity contribution is 0.0935. The van der Waals surface area contributed by atoms with E-state index in [9.17, 15) is 4.79 Å². The van der Waals surface area contributed by atoms with Crippen molar-refractivity contribution in [2.75, 3.05) is 5.73 Å². The first-order chi connectivity index (χ1) is 9.10. The third kappa shape index (κ3) is 3.32. The minimum Gasteiger partial charge on any atom is -0.375 e. The van der Waals surface area contributed by atoms with Crippen LogP contribution in [0.15, 0.2) is 29.6 Å². The first-order valence-corrected chi connectivity index (χ1v) is 7.08. The monoisotopic (exact) mass is 275 g/mol. The van der Waals surface area contributed by atoms with Gasteiger partial charge < -0.3 is 11.1 Å². The second kappa shape index (κ2) is 5.84. The minimum atomic E-state index is -0.194. The molecule has 1 heterocycles. The van der Waals surface area contributed by atoms with E-state index < -0.39 is 0 Å². The molecule has 2 aromatic rings. The summed E-state index contributed by atoms with van der Waals surface area (Å²) in [5, 5.41) is 4.98. The number of anilines is 1. The fraction of sp³-hybridized carbons (Fsp3) is 0.286. The number of aromatic nitrogens is 1. The van der Waals surface area contributed by atoms with Crippen molar-refractivity contribution >= 4 is 22.4 Å². The van der Waals surface area contributed by atoms with Gasteiger partial charge in [0.2, 0.25) is 0 Å². The Balaban J connectivity index is 2.03. The lowest BCUT2D eigenvalue weighted by Gasteiger charge is -2.13. The van der Waals surface area contributed by atoms with Gasteiger partial charge in [-0.15, -0.1) is 11.3 Å². The summed E-state index contributed by atoms with van der Waals surface area (Å²) >= 11 is 1.27. The van der Waals surface area contributed by atoms with Crippen LogP contribution < -0.4 is 11.1 Å². The fourth-order valence-corrected chi connectivity index (χ4v) is 2.33. The van der Waals surface area contributed by atoms with Gasteiger partial charge in [-0.2, -0.15) is 0 Å². The Bertz CT molecular complexity index is 562. The highest BCUT2D eigenvalue weighted by molar-refractivity contribution is 7.13. The summed E-state index contributed by atoms with van der Waals surface area (Å²) in [4.78, 5) is 15.9. The highest BCUT2D eigenvalue weighted by Gasteiger charge is 2.13. The Morgan fingerprint density at radius 3 is 2.63 bits per heavy atom. The SMILES string of the molecule is CCc1ccc(C(C)NC(=O)c2csc(N)n2)cc1. The Hall–Kier alpha value is -1.88. The third-order valence-corrected chi connectivity index (χ3v) is 3.66. The van der Waals surface area contributed by atoms with Crippen LogP contribution in [0, 0.1) is 0 Å². The number of carbonyl (C=O) groups is 1. The lowest BCUT2D eigenvalue weighted by atomic mass is 10.0. The number of nitrogens with zero attached hydrogens (tertiary/aromatic N) is 1. The molecule has 5 heteroatoms. The summed E-state index contributed by atoms with van der Waals surface area (Å²) in [7, 11) is 0. The lowest BCUT2D eigenvalue weighted by Crippen LogP contribution is -2.26. The number of aryl methyl sites for hydroxylation is 1. The molecule has 1 aromatic heterocycles. The summed E-state index contributed by atoms with van der Waals surface area (Å²) < 4.78 is 0. The van der Waals surface area contributed by atoms with E-state index in [0.717, 1.165) is 12.0 Å². The first kappa shape index (κ1) is 13.5. The number of thiazole rings is 1. The molecule has 0 spiro atoms. The van der Waals surface area contributed by atoms with Crippen molar-refractivity contribution < 1.29 is 4.79 Å². The molecule has 19 heavy (non-hydrogen) atoms. The molecule has 0 saturated carbocycles. The normalized spacial score (nSPS) is 12.1. The van der Waals surface area contributed by atoms with Crippen LogP contribution in [-0.4, -0.2) is 10.9 Å². The van der Waals surface area contributed by atoms with E-state index in [1.807, 2.05) is 19.1 Å². The zero-order valence-corrected chi connectivity index (χ0v) is 11.8. The Kier molecular flexibility index (Phi) is 4.16. The predicted octanol–water partition coefficient (Wildman–Crippen LogP) is 2.78. The van der Waals surface area contributed by atoms with Crippen LogP contribution >= 0.6 is 11.3 Å². The molecule has 1 unspecified atom stereocenters. The smallest absolute Gasteiger partial charge is 0.271 e. The van der Waals surface area contributed by atoms with Crippen molar-refractivity contribution in [1.82, 2.24) is 10.3 Å². The van der Waals surface area contributed by atoms with Crippen LogP contribution in [0.3, 0.4) is 0 Å². The van der Waals surface area contributed by atoms with E-state index in [1.165, 1.54) is 16.9 Å². The zero-order chi connectivity index (χ0) is 13.8. The first-order valence-electron chi connectivity index (χ1n) is 6.21. The molecular formula is C14H17N3OS. The van der Waals surface area contributed by atoms with Crippen LogP contribution in [0.1, 0.15) is 41.5 Å². The van der Waals surface area contributed by atoms with Gasteiger partial charge in [0.15, 0.2) is 5.13 Å². The molecule has 3 N–H and O–H groups in total. The molecule has 0 aliphatic carbocycles. The van der Waals surface area contributed by atoms with E-state index in [-0.39, 0.29) is 11.9 Å². The molecule has 0 radical (unpaired) electrons. The highest BCUT2D eigenvalue weighted by Crippen LogP contribution is 2.16. The largest absolute Gasteiger partial charge is 0.375 e. The summed E-state index contributed by atoms with van der Waals surface area (Å²) in [6.45, 7) is 4.07. The molecule has 0 aliphatic rings. The van der Waals surface area contributed by atoms with Gasteiger partial charge >= 0.3 is 0 Å². The zero-order valence-electron chi connectivity index (χ0n) is 11.0. The standard InChI is InChI=1S/C14H17N3OS/c1-3-10-4-6-11(7-5-10)9(2)16-13(18)12-8-19-14(15)17-12/h4-9H,3H2,1-2H3,(H2,15,17)(H,16,18).